The molecule has 0 N–H and O–H groups in total. The second-order valence-electron chi connectivity index (χ2n) is 8.81. The zero-order valence-electron chi connectivity index (χ0n) is 19.7. The lowest BCUT2D eigenvalue weighted by molar-refractivity contribution is 0.128. The van der Waals surface area contributed by atoms with E-state index in [0.29, 0.717) is 13.1 Å². The third-order valence-electron chi connectivity index (χ3n) is 6.29. The van der Waals surface area contributed by atoms with Crippen molar-refractivity contribution in [1.29, 1.82) is 0 Å². The number of cyclic esters (lactones) is 2. The van der Waals surface area contributed by atoms with E-state index >= 15 is 8.78 Å². The molecule has 0 unspecified atom stereocenters. The van der Waals surface area contributed by atoms with Gasteiger partial charge in [-0.25, -0.2) is 27.7 Å². The number of hydrogen-bond acceptors (Lipinski definition) is 8. The summed E-state index contributed by atoms with van der Waals surface area (Å²) in [5.74, 6) is -1.43. The van der Waals surface area contributed by atoms with E-state index < -0.39 is 36.0 Å². The first-order valence-electron chi connectivity index (χ1n) is 11.7. The van der Waals surface area contributed by atoms with Crippen LogP contribution in [0.15, 0.2) is 61.2 Å². The molecule has 38 heavy (non-hydrogen) atoms. The summed E-state index contributed by atoms with van der Waals surface area (Å²) in [5, 5.41) is 15.1. The third-order valence-corrected chi connectivity index (χ3v) is 6.29. The van der Waals surface area contributed by atoms with Crippen molar-refractivity contribution in [3.63, 3.8) is 0 Å². The molecule has 194 valence electrons. The van der Waals surface area contributed by atoms with Gasteiger partial charge in [0.25, 0.3) is 0 Å². The van der Waals surface area contributed by atoms with Crippen LogP contribution in [0, 0.1) is 11.6 Å². The fourth-order valence-electron chi connectivity index (χ4n) is 4.51. The van der Waals surface area contributed by atoms with Gasteiger partial charge < -0.3 is 9.47 Å². The molecule has 2 aliphatic rings. The van der Waals surface area contributed by atoms with Crippen molar-refractivity contribution in [1.82, 2.24) is 30.0 Å². The number of hydrogen-bond donors (Lipinski definition) is 0. The molecule has 2 amide bonds. The predicted octanol–water partition coefficient (Wildman–Crippen LogP) is 2.87. The van der Waals surface area contributed by atoms with Crippen LogP contribution in [0.1, 0.15) is 0 Å². The highest BCUT2D eigenvalue weighted by molar-refractivity contribution is 5.91. The molecule has 0 radical (unpaired) electrons. The maximum Gasteiger partial charge on any atom is 0.414 e. The number of carbonyl (C=O) groups excluding carboxylic acids is 2. The van der Waals surface area contributed by atoms with Crippen LogP contribution in [-0.2, 0) is 22.6 Å². The summed E-state index contributed by atoms with van der Waals surface area (Å²) in [4.78, 5) is 27.3. The molecule has 0 aliphatic carbocycles. The van der Waals surface area contributed by atoms with Crippen molar-refractivity contribution in [2.24, 2.45) is 0 Å². The molecule has 6 rings (SSSR count). The molecule has 0 spiro atoms. The summed E-state index contributed by atoms with van der Waals surface area (Å²) in [6.45, 7) is 1.02. The SMILES string of the molecule is O=C1O[C@@H](Cn2ccnn2)CN1c1ccc(-c2ccc(N3C[C@H](Cn4ccnn4)OC3=O)cc2F)c(F)c1. The Bertz CT molecular complexity index is 1370. The quantitative estimate of drug-likeness (QED) is 0.363. The number of carbonyl (C=O) groups is 2. The Morgan fingerprint density at radius 2 is 1.18 bits per heavy atom. The van der Waals surface area contributed by atoms with Gasteiger partial charge in [0.1, 0.15) is 23.8 Å². The number of nitrogens with zero attached hydrogens (tertiary/aromatic N) is 8. The molecule has 12 nitrogen and oxygen atoms in total. The lowest BCUT2D eigenvalue weighted by Gasteiger charge is -2.16. The highest BCUT2D eigenvalue weighted by atomic mass is 19.1. The first-order valence-corrected chi connectivity index (χ1v) is 11.7. The summed E-state index contributed by atoms with van der Waals surface area (Å²) in [6, 6.07) is 8.18. The molecular weight excluding hydrogens is 502 g/mol. The number of benzene rings is 2. The van der Waals surface area contributed by atoms with Crippen LogP contribution in [0.4, 0.5) is 29.7 Å². The zero-order valence-corrected chi connectivity index (χ0v) is 19.7. The molecule has 2 fully saturated rings. The van der Waals surface area contributed by atoms with Gasteiger partial charge in [-0.1, -0.05) is 10.4 Å². The number of aromatic nitrogens is 6. The molecule has 4 aromatic rings. The Morgan fingerprint density at radius 3 is 1.55 bits per heavy atom. The van der Waals surface area contributed by atoms with Crippen molar-refractivity contribution in [3.8, 4) is 11.1 Å². The summed E-state index contributed by atoms with van der Waals surface area (Å²) in [6.07, 6.45) is 4.14. The lowest BCUT2D eigenvalue weighted by Crippen LogP contribution is -2.26. The van der Waals surface area contributed by atoms with Crippen LogP contribution in [0.25, 0.3) is 11.1 Å². The highest BCUT2D eigenvalue weighted by Gasteiger charge is 2.34. The first kappa shape index (κ1) is 23.5. The standard InChI is InChI=1S/C24H20F2N8O4/c25-21-9-15(33-13-17(37-23(33)35)11-31-7-5-27-29-31)1-3-19(21)20-4-2-16(10-22(20)26)34-14-18(38-24(34)36)12-32-8-6-28-30-32/h1-10,17-18H,11-14H2/t17-,18-/m0/s1. The number of amides is 2. The van der Waals surface area contributed by atoms with E-state index in [1.54, 1.807) is 12.4 Å². The van der Waals surface area contributed by atoms with Crippen LogP contribution < -0.4 is 9.80 Å². The number of ether oxygens (including phenoxy) is 2. The maximum atomic E-state index is 15.1. The molecule has 14 heteroatoms. The van der Waals surface area contributed by atoms with Gasteiger partial charge in [0.2, 0.25) is 0 Å². The monoisotopic (exact) mass is 522 g/mol. The Hall–Kier alpha value is -4.88. The van der Waals surface area contributed by atoms with Gasteiger partial charge in [-0.2, -0.15) is 0 Å². The maximum absolute atomic E-state index is 15.1. The Labute approximate surface area is 214 Å². The number of rotatable bonds is 7. The molecule has 2 aromatic carbocycles. The van der Waals surface area contributed by atoms with Crippen LogP contribution in [0.2, 0.25) is 0 Å². The van der Waals surface area contributed by atoms with Crippen LogP contribution in [0.5, 0.6) is 0 Å². The van der Waals surface area contributed by atoms with Gasteiger partial charge in [-0.15, -0.1) is 10.2 Å². The second-order valence-corrected chi connectivity index (χ2v) is 8.81. The van der Waals surface area contributed by atoms with Gasteiger partial charge in [0, 0.05) is 23.5 Å². The fourth-order valence-corrected chi connectivity index (χ4v) is 4.51. The third kappa shape index (κ3) is 4.51. The molecular formula is C24H20F2N8O4. The van der Waals surface area contributed by atoms with E-state index in [2.05, 4.69) is 20.6 Å². The van der Waals surface area contributed by atoms with Gasteiger partial charge in [0.05, 0.1) is 49.9 Å². The summed E-state index contributed by atoms with van der Waals surface area (Å²) in [5.41, 5.74) is 0.593. The van der Waals surface area contributed by atoms with Gasteiger partial charge in [0.15, 0.2) is 0 Å². The van der Waals surface area contributed by atoms with Gasteiger partial charge >= 0.3 is 12.2 Å². The average molecular weight is 522 g/mol. The smallest absolute Gasteiger partial charge is 0.414 e. The lowest BCUT2D eigenvalue weighted by atomic mass is 10.0. The normalized spacial score (nSPS) is 19.2. The van der Waals surface area contributed by atoms with Crippen LogP contribution >= 0.6 is 0 Å². The van der Waals surface area contributed by atoms with Crippen molar-refractivity contribution < 1.29 is 27.8 Å². The van der Waals surface area contributed by atoms with E-state index in [9.17, 15) is 9.59 Å². The molecule has 2 saturated heterocycles. The summed E-state index contributed by atoms with van der Waals surface area (Å²) >= 11 is 0. The highest BCUT2D eigenvalue weighted by Crippen LogP contribution is 2.33. The zero-order chi connectivity index (χ0) is 26.2. The van der Waals surface area contributed by atoms with Crippen molar-refractivity contribution in [3.05, 3.63) is 72.8 Å². The summed E-state index contributed by atoms with van der Waals surface area (Å²) in [7, 11) is 0. The van der Waals surface area contributed by atoms with Crippen molar-refractivity contribution >= 4 is 23.6 Å². The van der Waals surface area contributed by atoms with Crippen molar-refractivity contribution in [2.75, 3.05) is 22.9 Å². The minimum atomic E-state index is -0.713. The number of halogens is 2. The van der Waals surface area contributed by atoms with Crippen molar-refractivity contribution in [2.45, 2.75) is 25.3 Å². The first-order chi connectivity index (χ1) is 18.4. The molecule has 2 aromatic heterocycles. The Balaban J connectivity index is 1.16. The number of anilines is 2. The van der Waals surface area contributed by atoms with E-state index in [-0.39, 0.29) is 35.6 Å². The Morgan fingerprint density at radius 1 is 0.737 bits per heavy atom. The minimum absolute atomic E-state index is 0.0117. The second kappa shape index (κ2) is 9.53. The Kier molecular flexibility index (Phi) is 5.90. The average Bonchev–Trinajstić information content (AvgIpc) is 3.70. The fraction of sp³-hybridized carbons (Fsp3) is 0.250. The minimum Gasteiger partial charge on any atom is -0.442 e. The van der Waals surface area contributed by atoms with Crippen LogP contribution in [-0.4, -0.2) is 67.5 Å². The van der Waals surface area contributed by atoms with E-state index in [0.717, 1.165) is 12.1 Å². The van der Waals surface area contributed by atoms with E-state index in [1.807, 2.05) is 0 Å². The molecule has 0 saturated carbocycles. The van der Waals surface area contributed by atoms with E-state index in [4.69, 9.17) is 9.47 Å². The molecule has 0 bridgehead atoms. The predicted molar refractivity (Wildman–Crippen MR) is 127 cm³/mol. The van der Waals surface area contributed by atoms with Gasteiger partial charge in [-0.3, -0.25) is 9.80 Å². The topological polar surface area (TPSA) is 121 Å². The largest absolute Gasteiger partial charge is 0.442 e. The molecule has 4 heterocycles. The summed E-state index contributed by atoms with van der Waals surface area (Å²) < 4.78 is 44.0. The van der Waals surface area contributed by atoms with Gasteiger partial charge in [-0.05, 0) is 36.4 Å². The van der Waals surface area contributed by atoms with E-state index in [1.165, 1.54) is 55.8 Å². The molecule has 2 aliphatic heterocycles. The van der Waals surface area contributed by atoms with Crippen LogP contribution in [0.3, 0.4) is 0 Å². The molecule has 2 atom stereocenters.